The number of fused-ring (bicyclic) bond motifs is 1. The van der Waals surface area contributed by atoms with Crippen LogP contribution in [0.25, 0.3) is 10.2 Å². The van der Waals surface area contributed by atoms with Crippen LogP contribution in [0.4, 0.5) is 0 Å². The Labute approximate surface area is 178 Å². The van der Waals surface area contributed by atoms with Gasteiger partial charge in [0.1, 0.15) is 10.6 Å². The Morgan fingerprint density at radius 1 is 1.34 bits per heavy atom. The first-order chi connectivity index (χ1) is 13.8. The molecule has 0 saturated carbocycles. The number of nitrogens with one attached hydrogen (secondary N) is 1. The van der Waals surface area contributed by atoms with E-state index in [1.165, 1.54) is 23.1 Å². The number of hydrogen-bond donors (Lipinski definition) is 1. The summed E-state index contributed by atoms with van der Waals surface area (Å²) >= 11 is 2.81. The maximum atomic E-state index is 13.0. The SMILES string of the molecule is COc1cccc(CNC(=O)CSc2nc3sc(C)c(C)c3c(=O)n2C(C)C)c1. The Bertz CT molecular complexity index is 1100. The lowest BCUT2D eigenvalue weighted by atomic mass is 10.2. The number of aryl methyl sites for hydroxylation is 2. The van der Waals surface area contributed by atoms with Crippen LogP contribution in [0, 0.1) is 13.8 Å². The summed E-state index contributed by atoms with van der Waals surface area (Å²) in [6.45, 7) is 8.29. The van der Waals surface area contributed by atoms with E-state index in [1.807, 2.05) is 52.0 Å². The van der Waals surface area contributed by atoms with E-state index in [9.17, 15) is 9.59 Å². The fraction of sp³-hybridized carbons (Fsp3) is 0.381. The average Bonchev–Trinajstić information content (AvgIpc) is 2.98. The van der Waals surface area contributed by atoms with E-state index in [4.69, 9.17) is 9.72 Å². The third-order valence-electron chi connectivity index (χ3n) is 4.68. The first kappa shape index (κ1) is 21.4. The van der Waals surface area contributed by atoms with Crippen LogP contribution < -0.4 is 15.6 Å². The number of carbonyl (C=O) groups excluding carboxylic acids is 1. The van der Waals surface area contributed by atoms with Crippen LogP contribution in [0.2, 0.25) is 0 Å². The molecule has 0 aliphatic carbocycles. The Hall–Kier alpha value is -2.32. The molecule has 1 aromatic carbocycles. The smallest absolute Gasteiger partial charge is 0.263 e. The van der Waals surface area contributed by atoms with Crippen molar-refractivity contribution in [3.8, 4) is 5.75 Å². The molecule has 0 spiro atoms. The second-order valence-corrected chi connectivity index (χ2v) is 9.19. The summed E-state index contributed by atoms with van der Waals surface area (Å²) in [4.78, 5) is 31.9. The molecule has 0 aliphatic rings. The van der Waals surface area contributed by atoms with Crippen LogP contribution in [0.5, 0.6) is 5.75 Å². The second-order valence-electron chi connectivity index (χ2n) is 7.04. The zero-order valence-electron chi connectivity index (χ0n) is 17.2. The third-order valence-corrected chi connectivity index (χ3v) is 6.73. The molecule has 0 bridgehead atoms. The van der Waals surface area contributed by atoms with Crippen LogP contribution >= 0.6 is 23.1 Å². The van der Waals surface area contributed by atoms with Gasteiger partial charge in [0, 0.05) is 17.5 Å². The molecule has 0 radical (unpaired) electrons. The lowest BCUT2D eigenvalue weighted by Gasteiger charge is -2.15. The zero-order chi connectivity index (χ0) is 21.1. The van der Waals surface area contributed by atoms with Crippen LogP contribution in [0.1, 0.15) is 35.9 Å². The summed E-state index contributed by atoms with van der Waals surface area (Å²) in [7, 11) is 1.61. The number of benzene rings is 1. The largest absolute Gasteiger partial charge is 0.497 e. The summed E-state index contributed by atoms with van der Waals surface area (Å²) in [6.07, 6.45) is 0. The van der Waals surface area contributed by atoms with Crippen molar-refractivity contribution in [2.45, 2.75) is 45.4 Å². The molecule has 2 aromatic heterocycles. The molecule has 3 aromatic rings. The number of methoxy groups -OCH3 is 1. The molecule has 0 aliphatic heterocycles. The quantitative estimate of drug-likeness (QED) is 0.451. The van der Waals surface area contributed by atoms with Crippen LogP contribution in [-0.2, 0) is 11.3 Å². The molecule has 3 rings (SSSR count). The van der Waals surface area contributed by atoms with Gasteiger partial charge in [-0.3, -0.25) is 14.2 Å². The molecule has 2 heterocycles. The number of nitrogens with zero attached hydrogens (tertiary/aromatic N) is 2. The highest BCUT2D eigenvalue weighted by Gasteiger charge is 2.19. The predicted molar refractivity (Wildman–Crippen MR) is 119 cm³/mol. The Morgan fingerprint density at radius 3 is 2.79 bits per heavy atom. The molecule has 0 fully saturated rings. The number of aromatic nitrogens is 2. The number of thiophene rings is 1. The van der Waals surface area contributed by atoms with Gasteiger partial charge in [0.25, 0.3) is 5.56 Å². The van der Waals surface area contributed by atoms with Crippen molar-refractivity contribution in [3.05, 3.63) is 50.6 Å². The normalized spacial score (nSPS) is 11.2. The first-order valence-electron chi connectivity index (χ1n) is 9.36. The topological polar surface area (TPSA) is 73.2 Å². The van der Waals surface area contributed by atoms with Crippen molar-refractivity contribution in [2.24, 2.45) is 0 Å². The van der Waals surface area contributed by atoms with Gasteiger partial charge in [-0.15, -0.1) is 11.3 Å². The van der Waals surface area contributed by atoms with Crippen molar-refractivity contribution < 1.29 is 9.53 Å². The van der Waals surface area contributed by atoms with Gasteiger partial charge >= 0.3 is 0 Å². The summed E-state index contributed by atoms with van der Waals surface area (Å²) in [5.74, 6) is 0.838. The van der Waals surface area contributed by atoms with Crippen molar-refractivity contribution >= 4 is 39.2 Å². The standard InChI is InChI=1S/C21H25N3O3S2/c1-12(2)24-20(26)18-13(3)14(4)29-19(18)23-21(24)28-11-17(25)22-10-15-7-6-8-16(9-15)27-5/h6-9,12H,10-11H2,1-5H3,(H,22,25). The van der Waals surface area contributed by atoms with Gasteiger partial charge < -0.3 is 10.1 Å². The summed E-state index contributed by atoms with van der Waals surface area (Å²) < 4.78 is 6.88. The van der Waals surface area contributed by atoms with Crippen molar-refractivity contribution in [2.75, 3.05) is 12.9 Å². The average molecular weight is 432 g/mol. The van der Waals surface area contributed by atoms with Gasteiger partial charge in [0.05, 0.1) is 18.2 Å². The molecule has 0 unspecified atom stereocenters. The highest BCUT2D eigenvalue weighted by molar-refractivity contribution is 7.99. The molecule has 6 nitrogen and oxygen atoms in total. The number of hydrogen-bond acceptors (Lipinski definition) is 6. The van der Waals surface area contributed by atoms with E-state index in [2.05, 4.69) is 5.32 Å². The van der Waals surface area contributed by atoms with Crippen LogP contribution in [0.3, 0.4) is 0 Å². The van der Waals surface area contributed by atoms with E-state index >= 15 is 0 Å². The van der Waals surface area contributed by atoms with E-state index < -0.39 is 0 Å². The van der Waals surface area contributed by atoms with E-state index in [0.717, 1.165) is 26.6 Å². The van der Waals surface area contributed by atoms with Gasteiger partial charge in [-0.05, 0) is 51.0 Å². The minimum Gasteiger partial charge on any atom is -0.497 e. The molecule has 1 N–H and O–H groups in total. The van der Waals surface area contributed by atoms with Gasteiger partial charge in [-0.25, -0.2) is 4.98 Å². The number of rotatable bonds is 7. The maximum absolute atomic E-state index is 13.0. The maximum Gasteiger partial charge on any atom is 0.263 e. The Kier molecular flexibility index (Phi) is 6.64. The van der Waals surface area contributed by atoms with Crippen molar-refractivity contribution in [3.63, 3.8) is 0 Å². The highest BCUT2D eigenvalue weighted by atomic mass is 32.2. The molecular weight excluding hydrogens is 406 g/mol. The monoisotopic (exact) mass is 431 g/mol. The molecule has 154 valence electrons. The number of thioether (sulfide) groups is 1. The summed E-state index contributed by atoms with van der Waals surface area (Å²) in [6, 6.07) is 7.54. The van der Waals surface area contributed by atoms with Gasteiger partial charge in [0.15, 0.2) is 5.16 Å². The molecule has 29 heavy (non-hydrogen) atoms. The molecule has 8 heteroatoms. The Morgan fingerprint density at radius 2 is 2.10 bits per heavy atom. The number of amides is 1. The van der Waals surface area contributed by atoms with Crippen LogP contribution in [0.15, 0.2) is 34.2 Å². The van der Waals surface area contributed by atoms with Crippen molar-refractivity contribution in [1.29, 1.82) is 0 Å². The fourth-order valence-corrected chi connectivity index (χ4v) is 5.04. The van der Waals surface area contributed by atoms with E-state index in [0.29, 0.717) is 17.1 Å². The zero-order valence-corrected chi connectivity index (χ0v) is 18.9. The van der Waals surface area contributed by atoms with E-state index in [-0.39, 0.29) is 23.3 Å². The lowest BCUT2D eigenvalue weighted by Crippen LogP contribution is -2.27. The van der Waals surface area contributed by atoms with Gasteiger partial charge in [-0.1, -0.05) is 23.9 Å². The fourth-order valence-electron chi connectivity index (χ4n) is 3.01. The second kappa shape index (κ2) is 9.00. The lowest BCUT2D eigenvalue weighted by molar-refractivity contribution is -0.118. The minimum atomic E-state index is -0.110. The molecule has 0 atom stereocenters. The first-order valence-corrected chi connectivity index (χ1v) is 11.2. The van der Waals surface area contributed by atoms with E-state index in [1.54, 1.807) is 11.7 Å². The highest BCUT2D eigenvalue weighted by Crippen LogP contribution is 2.29. The minimum absolute atomic E-state index is 0.0360. The molecular formula is C21H25N3O3S2. The number of carbonyl (C=O) groups is 1. The summed E-state index contributed by atoms with van der Waals surface area (Å²) in [5, 5.41) is 4.17. The van der Waals surface area contributed by atoms with Crippen molar-refractivity contribution in [1.82, 2.24) is 14.9 Å². The number of ether oxygens (including phenoxy) is 1. The molecule has 0 saturated heterocycles. The van der Waals surface area contributed by atoms with Gasteiger partial charge in [0.2, 0.25) is 5.91 Å². The van der Waals surface area contributed by atoms with Crippen LogP contribution in [-0.4, -0.2) is 28.3 Å². The van der Waals surface area contributed by atoms with Gasteiger partial charge in [-0.2, -0.15) is 0 Å². The third kappa shape index (κ3) is 4.64. The summed E-state index contributed by atoms with van der Waals surface area (Å²) in [5.41, 5.74) is 1.92. The predicted octanol–water partition coefficient (Wildman–Crippen LogP) is 4.07. The molecule has 1 amide bonds. The Balaban J connectivity index is 1.74.